The van der Waals surface area contributed by atoms with Crippen molar-refractivity contribution in [3.05, 3.63) is 88.0 Å². The first kappa shape index (κ1) is 25.3. The average Bonchev–Trinajstić information content (AvgIpc) is 3.45. The van der Waals surface area contributed by atoms with Crippen LogP contribution in [0.2, 0.25) is 0 Å². The summed E-state index contributed by atoms with van der Waals surface area (Å²) in [5.41, 5.74) is 14.7. The quantitative estimate of drug-likeness (QED) is 0.375. The first-order chi connectivity index (χ1) is 16.9. The minimum absolute atomic E-state index is 0.0807. The molecule has 0 bridgehead atoms. The number of aryl methyl sites for hydroxylation is 2. The van der Waals surface area contributed by atoms with E-state index >= 15 is 0 Å². The lowest BCUT2D eigenvalue weighted by Gasteiger charge is -2.36. The molecule has 3 aliphatic rings. The molecule has 0 nitrogen and oxygen atoms in total. The van der Waals surface area contributed by atoms with Crippen molar-refractivity contribution in [3.8, 4) is 11.1 Å². The van der Waals surface area contributed by atoms with E-state index in [4.69, 9.17) is 0 Å². The van der Waals surface area contributed by atoms with E-state index in [1.54, 1.807) is 5.56 Å². The zero-order valence-electron chi connectivity index (χ0n) is 23.9. The zero-order valence-corrected chi connectivity index (χ0v) is 23.9. The molecule has 0 aromatic heterocycles. The molecule has 2 aromatic rings. The van der Waals surface area contributed by atoms with E-state index in [0.717, 1.165) is 24.7 Å². The van der Waals surface area contributed by atoms with Gasteiger partial charge in [-0.25, -0.2) is 0 Å². The number of fused-ring (bicyclic) bond motifs is 1. The van der Waals surface area contributed by atoms with E-state index in [9.17, 15) is 0 Å². The summed E-state index contributed by atoms with van der Waals surface area (Å²) in [7, 11) is 0. The molecule has 0 unspecified atom stereocenters. The van der Waals surface area contributed by atoms with Crippen molar-refractivity contribution in [2.75, 3.05) is 0 Å². The van der Waals surface area contributed by atoms with Gasteiger partial charge in [-0.3, -0.25) is 0 Å². The van der Waals surface area contributed by atoms with Crippen LogP contribution in [0.5, 0.6) is 0 Å². The third kappa shape index (κ3) is 3.96. The standard InChI is InChI=1S/C36H46/c1-22-16-24(3)31(21-28-13-10-12-23(28)2)34(17-22)30-15-11-14-29-18-27(20-33(29)30)19-32-25(4)35(6,7)36(8,9)26(32)5/h11,14-18,23,28,32H,4-5,10,12-13,19-21H2,1-3,6-9H3/t23-,28-/m0/s1. The monoisotopic (exact) mass is 478 g/mol. The third-order valence-corrected chi connectivity index (χ3v) is 10.9. The first-order valence-electron chi connectivity index (χ1n) is 14.2. The molecule has 0 heterocycles. The fourth-order valence-corrected chi connectivity index (χ4v) is 7.51. The highest BCUT2D eigenvalue weighted by Crippen LogP contribution is 2.61. The van der Waals surface area contributed by atoms with Gasteiger partial charge in [0, 0.05) is 5.92 Å². The zero-order chi connectivity index (χ0) is 26.0. The maximum atomic E-state index is 4.59. The lowest BCUT2D eigenvalue weighted by Crippen LogP contribution is -2.27. The molecule has 0 N–H and O–H groups in total. The van der Waals surface area contributed by atoms with Crippen molar-refractivity contribution in [2.24, 2.45) is 28.6 Å². The van der Waals surface area contributed by atoms with Gasteiger partial charge in [0.1, 0.15) is 0 Å². The molecule has 0 spiro atoms. The Kier molecular flexibility index (Phi) is 6.26. The van der Waals surface area contributed by atoms with Gasteiger partial charge < -0.3 is 0 Å². The SMILES string of the molecule is C=C1C(CC2=Cc3cccc(-c4cc(C)cc(C)c4C[C@@H]4CCC[C@@H]4C)c3C2)C(=C)C(C)(C)C1(C)C. The Morgan fingerprint density at radius 3 is 2.22 bits per heavy atom. The van der Waals surface area contributed by atoms with Gasteiger partial charge in [0.2, 0.25) is 0 Å². The van der Waals surface area contributed by atoms with E-state index < -0.39 is 0 Å². The third-order valence-electron chi connectivity index (χ3n) is 10.9. The molecule has 2 fully saturated rings. The van der Waals surface area contributed by atoms with E-state index in [1.165, 1.54) is 75.8 Å². The summed E-state index contributed by atoms with van der Waals surface area (Å²) < 4.78 is 0. The number of hydrogen-bond acceptors (Lipinski definition) is 0. The Morgan fingerprint density at radius 1 is 0.889 bits per heavy atom. The molecule has 190 valence electrons. The summed E-state index contributed by atoms with van der Waals surface area (Å²) in [6.07, 6.45) is 9.97. The highest BCUT2D eigenvalue weighted by atomic mass is 14.6. The lowest BCUT2D eigenvalue weighted by molar-refractivity contribution is 0.234. The molecule has 2 saturated carbocycles. The number of benzene rings is 2. The van der Waals surface area contributed by atoms with Crippen LogP contribution in [0.3, 0.4) is 0 Å². The molecule has 2 atom stereocenters. The van der Waals surface area contributed by atoms with E-state index in [0.29, 0.717) is 5.92 Å². The molecular weight excluding hydrogens is 432 g/mol. The summed E-state index contributed by atoms with van der Waals surface area (Å²) in [4.78, 5) is 0. The predicted octanol–water partition coefficient (Wildman–Crippen LogP) is 10.1. The normalized spacial score (nSPS) is 24.9. The van der Waals surface area contributed by atoms with Crippen molar-refractivity contribution in [2.45, 2.75) is 87.0 Å². The summed E-state index contributed by atoms with van der Waals surface area (Å²) in [5, 5.41) is 0. The highest BCUT2D eigenvalue weighted by Gasteiger charge is 2.51. The molecule has 2 aromatic carbocycles. The molecule has 0 amide bonds. The number of allylic oxidation sites excluding steroid dienone is 3. The maximum absolute atomic E-state index is 4.59. The number of hydrogen-bond donors (Lipinski definition) is 0. The van der Waals surface area contributed by atoms with Gasteiger partial charge in [0.05, 0.1) is 0 Å². The lowest BCUT2D eigenvalue weighted by atomic mass is 9.68. The van der Waals surface area contributed by atoms with Crippen LogP contribution in [-0.4, -0.2) is 0 Å². The summed E-state index contributed by atoms with van der Waals surface area (Å²) >= 11 is 0. The van der Waals surface area contributed by atoms with Crippen LogP contribution >= 0.6 is 0 Å². The van der Waals surface area contributed by atoms with Gasteiger partial charge in [0.15, 0.2) is 0 Å². The molecule has 3 aliphatic carbocycles. The average molecular weight is 479 g/mol. The molecule has 0 saturated heterocycles. The fraction of sp³-hybridized carbons (Fsp3) is 0.500. The van der Waals surface area contributed by atoms with Crippen LogP contribution in [0.15, 0.2) is 60.2 Å². The largest absolute Gasteiger partial charge is 0.0987 e. The number of rotatable bonds is 5. The maximum Gasteiger partial charge on any atom is 0.00503 e. The van der Waals surface area contributed by atoms with E-state index in [2.05, 4.69) is 98.0 Å². The van der Waals surface area contributed by atoms with Gasteiger partial charge in [0.25, 0.3) is 0 Å². The highest BCUT2D eigenvalue weighted by molar-refractivity contribution is 5.80. The first-order valence-corrected chi connectivity index (χ1v) is 14.2. The van der Waals surface area contributed by atoms with Crippen LogP contribution in [0.25, 0.3) is 17.2 Å². The second-order valence-corrected chi connectivity index (χ2v) is 13.4. The molecule has 0 heteroatoms. The van der Waals surface area contributed by atoms with Crippen molar-refractivity contribution in [1.82, 2.24) is 0 Å². The van der Waals surface area contributed by atoms with Gasteiger partial charge in [-0.2, -0.15) is 0 Å². The van der Waals surface area contributed by atoms with Crippen molar-refractivity contribution in [3.63, 3.8) is 0 Å². The van der Waals surface area contributed by atoms with Gasteiger partial charge in [-0.15, -0.1) is 0 Å². The molecule has 0 radical (unpaired) electrons. The molecular formula is C36H46. The second-order valence-electron chi connectivity index (χ2n) is 13.4. The van der Waals surface area contributed by atoms with E-state index in [-0.39, 0.29) is 10.8 Å². The van der Waals surface area contributed by atoms with Gasteiger partial charge in [-0.05, 0) is 95.6 Å². The summed E-state index contributed by atoms with van der Waals surface area (Å²) in [6, 6.07) is 11.8. The van der Waals surface area contributed by atoms with Crippen LogP contribution in [-0.2, 0) is 12.8 Å². The Hall–Kier alpha value is -2.34. The second kappa shape index (κ2) is 8.90. The Labute approximate surface area is 220 Å². The van der Waals surface area contributed by atoms with E-state index in [1.807, 2.05) is 0 Å². The Balaban J connectivity index is 1.46. The molecule has 36 heavy (non-hydrogen) atoms. The van der Waals surface area contributed by atoms with Gasteiger partial charge in [-0.1, -0.05) is 119 Å². The Bertz CT molecular complexity index is 1240. The smallest absolute Gasteiger partial charge is 0.00503 e. The molecule has 5 rings (SSSR count). The topological polar surface area (TPSA) is 0 Å². The Morgan fingerprint density at radius 2 is 1.58 bits per heavy atom. The predicted molar refractivity (Wildman–Crippen MR) is 157 cm³/mol. The van der Waals surface area contributed by atoms with Crippen LogP contribution < -0.4 is 0 Å². The van der Waals surface area contributed by atoms with Gasteiger partial charge >= 0.3 is 0 Å². The van der Waals surface area contributed by atoms with Crippen LogP contribution in [0.4, 0.5) is 0 Å². The molecule has 0 aliphatic heterocycles. The summed E-state index contributed by atoms with van der Waals surface area (Å²) in [6.45, 7) is 25.6. The fourth-order valence-electron chi connectivity index (χ4n) is 7.51. The minimum Gasteiger partial charge on any atom is -0.0987 e. The minimum atomic E-state index is 0.0807. The van der Waals surface area contributed by atoms with Crippen molar-refractivity contribution >= 4 is 6.08 Å². The van der Waals surface area contributed by atoms with Crippen molar-refractivity contribution < 1.29 is 0 Å². The van der Waals surface area contributed by atoms with Crippen LogP contribution in [0, 0.1) is 42.4 Å². The van der Waals surface area contributed by atoms with Crippen molar-refractivity contribution in [1.29, 1.82) is 0 Å². The van der Waals surface area contributed by atoms with Crippen LogP contribution in [0.1, 0.15) is 88.1 Å². The summed E-state index contributed by atoms with van der Waals surface area (Å²) in [5.74, 6) is 2.04.